The van der Waals surface area contributed by atoms with Crippen molar-refractivity contribution in [2.75, 3.05) is 27.2 Å². The highest BCUT2D eigenvalue weighted by atomic mass is 16.2. The molecule has 0 saturated heterocycles. The molecule has 19 heavy (non-hydrogen) atoms. The summed E-state index contributed by atoms with van der Waals surface area (Å²) in [6, 6.07) is 8.16. The monoisotopic (exact) mass is 263 g/mol. The maximum atomic E-state index is 11.8. The minimum atomic E-state index is 0.138. The largest absolute Gasteiger partial charge is 0.348 e. The fraction of sp³-hybridized carbons (Fsp3) is 0.533. The molecule has 4 nitrogen and oxygen atoms in total. The molecule has 1 aromatic carbocycles. The Morgan fingerprint density at radius 2 is 1.84 bits per heavy atom. The number of rotatable bonds is 7. The van der Waals surface area contributed by atoms with Gasteiger partial charge < -0.3 is 10.6 Å². The molecule has 1 aromatic rings. The van der Waals surface area contributed by atoms with Crippen molar-refractivity contribution in [2.45, 2.75) is 26.4 Å². The molecule has 4 heteroatoms. The SMILES string of the molecule is CCCN(CC(=O)N(C)C)Cc1ccccc1CN. The first-order valence-electron chi connectivity index (χ1n) is 6.77. The number of amides is 1. The second-order valence-corrected chi connectivity index (χ2v) is 4.97. The van der Waals surface area contributed by atoms with E-state index in [1.807, 2.05) is 18.2 Å². The molecule has 0 heterocycles. The Hall–Kier alpha value is -1.39. The summed E-state index contributed by atoms with van der Waals surface area (Å²) in [5.74, 6) is 0.138. The van der Waals surface area contributed by atoms with Crippen LogP contribution in [0.5, 0.6) is 0 Å². The highest BCUT2D eigenvalue weighted by molar-refractivity contribution is 5.77. The Morgan fingerprint density at radius 3 is 2.37 bits per heavy atom. The average molecular weight is 263 g/mol. The fourth-order valence-corrected chi connectivity index (χ4v) is 2.01. The van der Waals surface area contributed by atoms with Crippen LogP contribution in [0.15, 0.2) is 24.3 Å². The van der Waals surface area contributed by atoms with Crippen molar-refractivity contribution in [2.24, 2.45) is 5.73 Å². The highest BCUT2D eigenvalue weighted by Gasteiger charge is 2.13. The van der Waals surface area contributed by atoms with Crippen molar-refractivity contribution in [3.05, 3.63) is 35.4 Å². The molecule has 0 bridgehead atoms. The summed E-state index contributed by atoms with van der Waals surface area (Å²) in [6.45, 7) is 4.82. The first kappa shape index (κ1) is 15.7. The lowest BCUT2D eigenvalue weighted by Gasteiger charge is -2.24. The molecule has 0 atom stereocenters. The Bertz CT molecular complexity index is 404. The third kappa shape index (κ3) is 5.01. The summed E-state index contributed by atoms with van der Waals surface area (Å²) in [5, 5.41) is 0. The van der Waals surface area contributed by atoms with E-state index in [2.05, 4.69) is 17.9 Å². The Kier molecular flexibility index (Phi) is 6.53. The van der Waals surface area contributed by atoms with Gasteiger partial charge in [0.15, 0.2) is 0 Å². The van der Waals surface area contributed by atoms with Gasteiger partial charge in [-0.3, -0.25) is 9.69 Å². The third-order valence-corrected chi connectivity index (χ3v) is 3.13. The predicted octanol–water partition coefficient (Wildman–Crippen LogP) is 1.45. The standard InChI is InChI=1S/C15H25N3O/c1-4-9-18(12-15(19)17(2)3)11-14-8-6-5-7-13(14)10-16/h5-8H,4,9-12,16H2,1-3H3. The molecule has 0 aliphatic carbocycles. The van der Waals surface area contributed by atoms with E-state index in [0.717, 1.165) is 25.1 Å². The molecule has 0 spiro atoms. The van der Waals surface area contributed by atoms with E-state index < -0.39 is 0 Å². The summed E-state index contributed by atoms with van der Waals surface area (Å²) in [4.78, 5) is 15.6. The molecular weight excluding hydrogens is 238 g/mol. The number of carbonyl (C=O) groups excluding carboxylic acids is 1. The van der Waals surface area contributed by atoms with Crippen LogP contribution < -0.4 is 5.73 Å². The van der Waals surface area contributed by atoms with Gasteiger partial charge in [0.25, 0.3) is 0 Å². The van der Waals surface area contributed by atoms with Crippen LogP contribution in [0.3, 0.4) is 0 Å². The number of hydrogen-bond donors (Lipinski definition) is 1. The normalized spacial score (nSPS) is 10.8. The summed E-state index contributed by atoms with van der Waals surface area (Å²) in [5.41, 5.74) is 8.12. The Balaban J connectivity index is 2.74. The summed E-state index contributed by atoms with van der Waals surface area (Å²) in [6.07, 6.45) is 1.03. The second kappa shape index (κ2) is 7.92. The van der Waals surface area contributed by atoms with Crippen molar-refractivity contribution in [1.29, 1.82) is 0 Å². The Morgan fingerprint density at radius 1 is 1.21 bits per heavy atom. The number of hydrogen-bond acceptors (Lipinski definition) is 3. The van der Waals surface area contributed by atoms with Gasteiger partial charge in [0, 0.05) is 27.2 Å². The molecule has 0 aliphatic heterocycles. The number of benzene rings is 1. The number of carbonyl (C=O) groups is 1. The number of nitrogens with two attached hydrogens (primary N) is 1. The molecular formula is C15H25N3O. The molecule has 1 rings (SSSR count). The lowest BCUT2D eigenvalue weighted by atomic mass is 10.1. The van der Waals surface area contributed by atoms with Crippen LogP contribution in [0.1, 0.15) is 24.5 Å². The van der Waals surface area contributed by atoms with Gasteiger partial charge in [-0.2, -0.15) is 0 Å². The van der Waals surface area contributed by atoms with Crippen molar-refractivity contribution >= 4 is 5.91 Å². The van der Waals surface area contributed by atoms with Gasteiger partial charge in [0.2, 0.25) is 5.91 Å². The second-order valence-electron chi connectivity index (χ2n) is 4.97. The van der Waals surface area contributed by atoms with Crippen LogP contribution in [0.25, 0.3) is 0 Å². The van der Waals surface area contributed by atoms with Gasteiger partial charge >= 0.3 is 0 Å². The molecule has 0 saturated carbocycles. The van der Waals surface area contributed by atoms with Crippen LogP contribution in [-0.4, -0.2) is 42.9 Å². The van der Waals surface area contributed by atoms with Crippen LogP contribution in [-0.2, 0) is 17.9 Å². The van der Waals surface area contributed by atoms with E-state index in [9.17, 15) is 4.79 Å². The fourth-order valence-electron chi connectivity index (χ4n) is 2.01. The molecule has 1 amide bonds. The van der Waals surface area contributed by atoms with E-state index >= 15 is 0 Å². The van der Waals surface area contributed by atoms with Gasteiger partial charge in [-0.05, 0) is 24.1 Å². The van der Waals surface area contributed by atoms with Crippen molar-refractivity contribution < 1.29 is 4.79 Å². The van der Waals surface area contributed by atoms with E-state index in [0.29, 0.717) is 13.1 Å². The zero-order chi connectivity index (χ0) is 14.3. The maximum absolute atomic E-state index is 11.8. The first-order valence-corrected chi connectivity index (χ1v) is 6.77. The minimum Gasteiger partial charge on any atom is -0.348 e. The molecule has 0 fully saturated rings. The average Bonchev–Trinajstić information content (AvgIpc) is 2.39. The third-order valence-electron chi connectivity index (χ3n) is 3.13. The van der Waals surface area contributed by atoms with Crippen LogP contribution >= 0.6 is 0 Å². The number of nitrogens with zero attached hydrogens (tertiary/aromatic N) is 2. The predicted molar refractivity (Wildman–Crippen MR) is 78.6 cm³/mol. The summed E-state index contributed by atoms with van der Waals surface area (Å²) in [7, 11) is 3.58. The lowest BCUT2D eigenvalue weighted by molar-refractivity contribution is -0.130. The summed E-state index contributed by atoms with van der Waals surface area (Å²) < 4.78 is 0. The quantitative estimate of drug-likeness (QED) is 0.810. The highest BCUT2D eigenvalue weighted by Crippen LogP contribution is 2.11. The van der Waals surface area contributed by atoms with Crippen molar-refractivity contribution in [3.8, 4) is 0 Å². The van der Waals surface area contributed by atoms with Gasteiger partial charge in [-0.25, -0.2) is 0 Å². The molecule has 2 N–H and O–H groups in total. The van der Waals surface area contributed by atoms with Crippen molar-refractivity contribution in [3.63, 3.8) is 0 Å². The summed E-state index contributed by atoms with van der Waals surface area (Å²) >= 11 is 0. The zero-order valence-corrected chi connectivity index (χ0v) is 12.2. The Labute approximate surface area is 116 Å². The van der Waals surface area contributed by atoms with Gasteiger partial charge in [-0.1, -0.05) is 31.2 Å². The van der Waals surface area contributed by atoms with Gasteiger partial charge in [0.05, 0.1) is 6.54 Å². The van der Waals surface area contributed by atoms with E-state index in [-0.39, 0.29) is 5.91 Å². The molecule has 106 valence electrons. The first-order chi connectivity index (χ1) is 9.08. The topological polar surface area (TPSA) is 49.6 Å². The molecule has 0 unspecified atom stereocenters. The molecule has 0 aromatic heterocycles. The van der Waals surface area contributed by atoms with E-state index in [1.165, 1.54) is 5.56 Å². The molecule has 0 aliphatic rings. The van der Waals surface area contributed by atoms with Crippen LogP contribution in [0.4, 0.5) is 0 Å². The van der Waals surface area contributed by atoms with Crippen LogP contribution in [0.2, 0.25) is 0 Å². The van der Waals surface area contributed by atoms with E-state index in [1.54, 1.807) is 19.0 Å². The molecule has 0 radical (unpaired) electrons. The van der Waals surface area contributed by atoms with Gasteiger partial charge in [0.1, 0.15) is 0 Å². The number of likely N-dealkylation sites (N-methyl/N-ethyl adjacent to an activating group) is 1. The van der Waals surface area contributed by atoms with Crippen LogP contribution in [0, 0.1) is 0 Å². The van der Waals surface area contributed by atoms with Crippen molar-refractivity contribution in [1.82, 2.24) is 9.80 Å². The van der Waals surface area contributed by atoms with E-state index in [4.69, 9.17) is 5.73 Å². The minimum absolute atomic E-state index is 0.138. The smallest absolute Gasteiger partial charge is 0.236 e. The lowest BCUT2D eigenvalue weighted by Crippen LogP contribution is -2.36. The zero-order valence-electron chi connectivity index (χ0n) is 12.2. The van der Waals surface area contributed by atoms with Gasteiger partial charge in [-0.15, -0.1) is 0 Å². The maximum Gasteiger partial charge on any atom is 0.236 e.